The van der Waals surface area contributed by atoms with Gasteiger partial charge in [-0.15, -0.1) is 0 Å². The number of nitrogens with zero attached hydrogens (tertiary/aromatic N) is 1. The highest BCUT2D eigenvalue weighted by Gasteiger charge is 2.20. The van der Waals surface area contributed by atoms with Crippen molar-refractivity contribution in [2.75, 3.05) is 23.7 Å². The van der Waals surface area contributed by atoms with Crippen LogP contribution in [0, 0.1) is 0 Å². The van der Waals surface area contributed by atoms with E-state index in [0.29, 0.717) is 27.2 Å². The lowest BCUT2D eigenvalue weighted by Crippen LogP contribution is -2.23. The van der Waals surface area contributed by atoms with E-state index in [4.69, 9.17) is 33.7 Å². The summed E-state index contributed by atoms with van der Waals surface area (Å²) < 4.78 is 5.95. The van der Waals surface area contributed by atoms with Crippen molar-refractivity contribution in [3.63, 3.8) is 0 Å². The maximum atomic E-state index is 6.36. The van der Waals surface area contributed by atoms with Gasteiger partial charge in [0, 0.05) is 13.1 Å². The number of anilines is 2. The Morgan fingerprint density at radius 1 is 1.10 bits per heavy atom. The van der Waals surface area contributed by atoms with E-state index < -0.39 is 0 Å². The molecule has 0 atom stereocenters. The molecular formula is C16H18Cl2N2O. The van der Waals surface area contributed by atoms with Crippen molar-refractivity contribution in [1.29, 1.82) is 0 Å². The van der Waals surface area contributed by atoms with Crippen LogP contribution in [0.2, 0.25) is 10.0 Å². The monoisotopic (exact) mass is 324 g/mol. The van der Waals surface area contributed by atoms with Crippen molar-refractivity contribution in [2.45, 2.75) is 13.8 Å². The van der Waals surface area contributed by atoms with Gasteiger partial charge in [0.05, 0.1) is 10.7 Å². The van der Waals surface area contributed by atoms with Crippen LogP contribution >= 0.6 is 23.2 Å². The van der Waals surface area contributed by atoms with Crippen molar-refractivity contribution < 1.29 is 4.74 Å². The predicted octanol–water partition coefficient (Wildman–Crippen LogP) is 5.21. The Bertz CT molecular complexity index is 613. The second kappa shape index (κ2) is 6.92. The van der Waals surface area contributed by atoms with Crippen LogP contribution in [0.3, 0.4) is 0 Å². The molecule has 0 aliphatic carbocycles. The Kier molecular flexibility index (Phi) is 5.21. The fourth-order valence-corrected chi connectivity index (χ4v) is 2.65. The van der Waals surface area contributed by atoms with Crippen molar-refractivity contribution in [2.24, 2.45) is 0 Å². The molecule has 0 aromatic heterocycles. The first kappa shape index (κ1) is 15.8. The summed E-state index contributed by atoms with van der Waals surface area (Å²) in [4.78, 5) is 2.09. The van der Waals surface area contributed by atoms with Gasteiger partial charge in [-0.1, -0.05) is 41.4 Å². The highest BCUT2D eigenvalue weighted by molar-refractivity contribution is 6.38. The predicted molar refractivity (Wildman–Crippen MR) is 91.0 cm³/mol. The van der Waals surface area contributed by atoms with Crippen molar-refractivity contribution >= 4 is 34.6 Å². The molecule has 0 saturated carbocycles. The molecule has 0 heterocycles. The third-order valence-corrected chi connectivity index (χ3v) is 3.90. The summed E-state index contributed by atoms with van der Waals surface area (Å²) in [5, 5.41) is 0.914. The van der Waals surface area contributed by atoms with Crippen LogP contribution in [0.5, 0.6) is 11.5 Å². The van der Waals surface area contributed by atoms with E-state index in [-0.39, 0.29) is 0 Å². The number of benzene rings is 2. The Balaban J connectivity index is 2.56. The van der Waals surface area contributed by atoms with Gasteiger partial charge in [-0.3, -0.25) is 0 Å². The Morgan fingerprint density at radius 3 is 2.29 bits per heavy atom. The van der Waals surface area contributed by atoms with Gasteiger partial charge in [0.25, 0.3) is 0 Å². The van der Waals surface area contributed by atoms with Crippen LogP contribution in [-0.4, -0.2) is 13.1 Å². The van der Waals surface area contributed by atoms with E-state index in [1.54, 1.807) is 6.07 Å². The van der Waals surface area contributed by atoms with Gasteiger partial charge in [0.15, 0.2) is 5.75 Å². The molecule has 2 rings (SSSR count). The molecule has 2 aromatic carbocycles. The maximum absolute atomic E-state index is 6.36. The quantitative estimate of drug-likeness (QED) is 0.767. The molecule has 0 aliphatic heterocycles. The zero-order valence-corrected chi connectivity index (χ0v) is 13.6. The maximum Gasteiger partial charge on any atom is 0.172 e. The van der Waals surface area contributed by atoms with Crippen molar-refractivity contribution in [1.82, 2.24) is 0 Å². The minimum Gasteiger partial charge on any atom is -0.453 e. The van der Waals surface area contributed by atoms with Gasteiger partial charge < -0.3 is 15.4 Å². The minimum atomic E-state index is 0.380. The fraction of sp³-hybridized carbons (Fsp3) is 0.250. The lowest BCUT2D eigenvalue weighted by atomic mass is 10.2. The molecule has 0 radical (unpaired) electrons. The molecule has 2 aromatic rings. The number of nitrogens with two attached hydrogens (primary N) is 1. The molecule has 0 spiro atoms. The topological polar surface area (TPSA) is 38.5 Å². The van der Waals surface area contributed by atoms with Gasteiger partial charge in [0.1, 0.15) is 16.5 Å². The molecule has 0 aliphatic rings. The zero-order valence-electron chi connectivity index (χ0n) is 12.1. The zero-order chi connectivity index (χ0) is 15.4. The van der Waals surface area contributed by atoms with Crippen molar-refractivity contribution in [3.05, 3.63) is 46.4 Å². The summed E-state index contributed by atoms with van der Waals surface area (Å²) in [5.74, 6) is 1.19. The van der Waals surface area contributed by atoms with Crippen LogP contribution in [0.15, 0.2) is 36.4 Å². The lowest BCUT2D eigenvalue weighted by Gasteiger charge is -2.26. The second-order valence-corrected chi connectivity index (χ2v) is 5.31. The van der Waals surface area contributed by atoms with E-state index in [2.05, 4.69) is 18.7 Å². The first-order valence-corrected chi connectivity index (χ1v) is 7.59. The van der Waals surface area contributed by atoms with E-state index >= 15 is 0 Å². The number of hydrogen-bond acceptors (Lipinski definition) is 3. The fourth-order valence-electron chi connectivity index (χ4n) is 2.15. The van der Waals surface area contributed by atoms with Crippen LogP contribution in [-0.2, 0) is 0 Å². The molecule has 2 N–H and O–H groups in total. The normalized spacial score (nSPS) is 10.5. The third kappa shape index (κ3) is 3.36. The van der Waals surface area contributed by atoms with Gasteiger partial charge in [-0.2, -0.15) is 0 Å². The summed E-state index contributed by atoms with van der Waals surface area (Å²) in [5.41, 5.74) is 7.09. The van der Waals surface area contributed by atoms with Gasteiger partial charge in [-0.05, 0) is 32.0 Å². The molecule has 112 valence electrons. The smallest absolute Gasteiger partial charge is 0.172 e. The summed E-state index contributed by atoms with van der Waals surface area (Å²) in [6, 6.07) is 11.1. The Morgan fingerprint density at radius 2 is 1.71 bits per heavy atom. The number of rotatable bonds is 5. The number of hydrogen-bond donors (Lipinski definition) is 1. The average Bonchev–Trinajstić information content (AvgIpc) is 2.49. The van der Waals surface area contributed by atoms with Gasteiger partial charge in [-0.25, -0.2) is 0 Å². The Labute approximate surface area is 135 Å². The molecule has 0 unspecified atom stereocenters. The SMILES string of the molecule is CCN(CC)c1c(Cl)cc(N)c(Cl)c1Oc1ccccc1. The number of para-hydroxylation sites is 1. The highest BCUT2D eigenvalue weighted by Crippen LogP contribution is 2.46. The van der Waals surface area contributed by atoms with Crippen molar-refractivity contribution in [3.8, 4) is 11.5 Å². The summed E-state index contributed by atoms with van der Waals surface area (Å²) in [6.07, 6.45) is 0. The molecule has 0 fully saturated rings. The van der Waals surface area contributed by atoms with E-state index in [1.807, 2.05) is 30.3 Å². The largest absolute Gasteiger partial charge is 0.453 e. The van der Waals surface area contributed by atoms with E-state index in [0.717, 1.165) is 18.8 Å². The number of ether oxygens (including phenoxy) is 1. The van der Waals surface area contributed by atoms with Gasteiger partial charge >= 0.3 is 0 Å². The molecule has 3 nitrogen and oxygen atoms in total. The molecule has 0 saturated heterocycles. The highest BCUT2D eigenvalue weighted by atomic mass is 35.5. The first-order valence-electron chi connectivity index (χ1n) is 6.83. The molecule has 21 heavy (non-hydrogen) atoms. The van der Waals surface area contributed by atoms with Crippen LogP contribution in [0.4, 0.5) is 11.4 Å². The van der Waals surface area contributed by atoms with Crippen LogP contribution < -0.4 is 15.4 Å². The first-order chi connectivity index (χ1) is 10.1. The second-order valence-electron chi connectivity index (χ2n) is 4.53. The average molecular weight is 325 g/mol. The molecule has 5 heteroatoms. The lowest BCUT2D eigenvalue weighted by molar-refractivity contribution is 0.482. The summed E-state index contributed by atoms with van der Waals surface area (Å²) in [7, 11) is 0. The molecular weight excluding hydrogens is 307 g/mol. The minimum absolute atomic E-state index is 0.380. The Hall–Kier alpha value is -1.58. The van der Waals surface area contributed by atoms with Crippen LogP contribution in [0.1, 0.15) is 13.8 Å². The number of halogens is 2. The third-order valence-electron chi connectivity index (χ3n) is 3.22. The summed E-state index contributed by atoms with van der Waals surface area (Å²) >= 11 is 12.7. The van der Waals surface area contributed by atoms with E-state index in [9.17, 15) is 0 Å². The number of nitrogen functional groups attached to an aromatic ring is 1. The molecule has 0 bridgehead atoms. The standard InChI is InChI=1S/C16H18Cl2N2O/c1-3-20(4-2)15-12(17)10-13(19)14(18)16(15)21-11-8-6-5-7-9-11/h5-10H,3-4,19H2,1-2H3. The molecule has 0 amide bonds. The van der Waals surface area contributed by atoms with E-state index in [1.165, 1.54) is 0 Å². The van der Waals surface area contributed by atoms with Crippen LogP contribution in [0.25, 0.3) is 0 Å². The summed E-state index contributed by atoms with van der Waals surface area (Å²) in [6.45, 7) is 5.69. The van der Waals surface area contributed by atoms with Gasteiger partial charge in [0.2, 0.25) is 0 Å².